The molecule has 4 heteroatoms. The summed E-state index contributed by atoms with van der Waals surface area (Å²) in [6.45, 7) is 0. The fourth-order valence-corrected chi connectivity index (χ4v) is 2.90. The van der Waals surface area contributed by atoms with E-state index >= 15 is 0 Å². The van der Waals surface area contributed by atoms with Crippen molar-refractivity contribution in [2.75, 3.05) is 0 Å². The molecular formula is C17H21N3O. The number of amides is 1. The van der Waals surface area contributed by atoms with Gasteiger partial charge in [0.05, 0.1) is 12.1 Å². The van der Waals surface area contributed by atoms with E-state index in [4.69, 9.17) is 0 Å². The number of aromatic nitrogens is 2. The highest BCUT2D eigenvalue weighted by atomic mass is 16.1. The zero-order valence-electron chi connectivity index (χ0n) is 12.2. The van der Waals surface area contributed by atoms with Gasteiger partial charge in [0.25, 0.3) is 0 Å². The number of nitrogens with one attached hydrogen (secondary N) is 1. The highest BCUT2D eigenvalue weighted by Crippen LogP contribution is 2.17. The van der Waals surface area contributed by atoms with Crippen LogP contribution >= 0.6 is 0 Å². The second kappa shape index (κ2) is 6.57. The summed E-state index contributed by atoms with van der Waals surface area (Å²) in [4.78, 5) is 12.1. The third kappa shape index (κ3) is 3.72. The molecule has 0 spiro atoms. The summed E-state index contributed by atoms with van der Waals surface area (Å²) < 4.78 is 1.81. The average Bonchev–Trinajstić information content (AvgIpc) is 3.03. The summed E-state index contributed by atoms with van der Waals surface area (Å²) in [5, 5.41) is 7.34. The summed E-state index contributed by atoms with van der Waals surface area (Å²) in [5.41, 5.74) is 2.05. The minimum Gasteiger partial charge on any atom is -0.353 e. The van der Waals surface area contributed by atoms with Crippen molar-refractivity contribution >= 4 is 5.91 Å². The van der Waals surface area contributed by atoms with Crippen LogP contribution in [0, 0.1) is 0 Å². The molecule has 1 aromatic carbocycles. The van der Waals surface area contributed by atoms with Crippen molar-refractivity contribution in [3.05, 3.63) is 48.3 Å². The Bertz CT molecular complexity index is 569. The molecule has 110 valence electrons. The Morgan fingerprint density at radius 3 is 2.62 bits per heavy atom. The summed E-state index contributed by atoms with van der Waals surface area (Å²) in [6, 6.07) is 10.3. The molecule has 1 amide bonds. The van der Waals surface area contributed by atoms with Crippen molar-refractivity contribution in [2.24, 2.45) is 0 Å². The SMILES string of the molecule is O=C(Cc1ccc(-n2cccn2)cc1)NC1CCCCC1. The van der Waals surface area contributed by atoms with Crippen molar-refractivity contribution in [1.82, 2.24) is 15.1 Å². The number of carbonyl (C=O) groups excluding carboxylic acids is 1. The first-order valence-electron chi connectivity index (χ1n) is 7.69. The predicted octanol–water partition coefficient (Wildman–Crippen LogP) is 2.86. The van der Waals surface area contributed by atoms with Gasteiger partial charge in [-0.3, -0.25) is 4.79 Å². The lowest BCUT2D eigenvalue weighted by molar-refractivity contribution is -0.121. The Labute approximate surface area is 125 Å². The van der Waals surface area contributed by atoms with E-state index in [1.165, 1.54) is 19.3 Å². The molecule has 0 unspecified atom stereocenters. The molecule has 0 saturated heterocycles. The third-order valence-corrected chi connectivity index (χ3v) is 4.04. The second-order valence-corrected chi connectivity index (χ2v) is 5.70. The van der Waals surface area contributed by atoms with Gasteiger partial charge in [-0.15, -0.1) is 0 Å². The zero-order valence-corrected chi connectivity index (χ0v) is 12.2. The van der Waals surface area contributed by atoms with Crippen LogP contribution < -0.4 is 5.32 Å². The fraction of sp³-hybridized carbons (Fsp3) is 0.412. The number of hydrogen-bond donors (Lipinski definition) is 1. The fourth-order valence-electron chi connectivity index (χ4n) is 2.90. The van der Waals surface area contributed by atoms with Gasteiger partial charge in [0.2, 0.25) is 5.91 Å². The van der Waals surface area contributed by atoms with Crippen LogP contribution in [0.2, 0.25) is 0 Å². The van der Waals surface area contributed by atoms with E-state index in [1.54, 1.807) is 6.20 Å². The molecule has 1 saturated carbocycles. The molecule has 3 rings (SSSR count). The van der Waals surface area contributed by atoms with Crippen molar-refractivity contribution in [3.63, 3.8) is 0 Å². The molecule has 2 aromatic rings. The molecule has 1 aromatic heterocycles. The van der Waals surface area contributed by atoms with Gasteiger partial charge in [0.1, 0.15) is 0 Å². The Balaban J connectivity index is 1.56. The van der Waals surface area contributed by atoms with Crippen LogP contribution in [-0.2, 0) is 11.2 Å². The summed E-state index contributed by atoms with van der Waals surface area (Å²) in [5.74, 6) is 0.133. The van der Waals surface area contributed by atoms with E-state index in [0.29, 0.717) is 12.5 Å². The number of benzene rings is 1. The molecule has 0 bridgehead atoms. The summed E-state index contributed by atoms with van der Waals surface area (Å²) in [6.07, 6.45) is 10.2. The maximum absolute atomic E-state index is 12.1. The van der Waals surface area contributed by atoms with Crippen LogP contribution in [-0.4, -0.2) is 21.7 Å². The van der Waals surface area contributed by atoms with E-state index in [2.05, 4.69) is 10.4 Å². The van der Waals surface area contributed by atoms with E-state index in [9.17, 15) is 4.79 Å². The first kappa shape index (κ1) is 13.9. The van der Waals surface area contributed by atoms with Gasteiger partial charge in [-0.05, 0) is 36.6 Å². The predicted molar refractivity (Wildman–Crippen MR) is 82.3 cm³/mol. The highest BCUT2D eigenvalue weighted by molar-refractivity contribution is 5.78. The van der Waals surface area contributed by atoms with Crippen LogP contribution in [0.25, 0.3) is 5.69 Å². The minimum absolute atomic E-state index is 0.133. The minimum atomic E-state index is 0.133. The molecule has 0 aliphatic heterocycles. The lowest BCUT2D eigenvalue weighted by atomic mass is 9.95. The van der Waals surface area contributed by atoms with Crippen molar-refractivity contribution < 1.29 is 4.79 Å². The lowest BCUT2D eigenvalue weighted by Gasteiger charge is -2.22. The molecule has 0 atom stereocenters. The van der Waals surface area contributed by atoms with Gasteiger partial charge in [0, 0.05) is 18.4 Å². The van der Waals surface area contributed by atoms with E-state index in [1.807, 2.05) is 41.2 Å². The molecule has 1 aliphatic rings. The zero-order chi connectivity index (χ0) is 14.5. The molecule has 0 radical (unpaired) electrons. The Morgan fingerprint density at radius 1 is 1.19 bits per heavy atom. The van der Waals surface area contributed by atoms with E-state index in [0.717, 1.165) is 24.1 Å². The van der Waals surface area contributed by atoms with E-state index in [-0.39, 0.29) is 5.91 Å². The van der Waals surface area contributed by atoms with Crippen molar-refractivity contribution in [3.8, 4) is 5.69 Å². The van der Waals surface area contributed by atoms with Gasteiger partial charge >= 0.3 is 0 Å². The normalized spacial score (nSPS) is 15.8. The topological polar surface area (TPSA) is 46.9 Å². The molecule has 1 aliphatic carbocycles. The molecule has 1 N–H and O–H groups in total. The van der Waals surface area contributed by atoms with Crippen molar-refractivity contribution in [2.45, 2.75) is 44.6 Å². The third-order valence-electron chi connectivity index (χ3n) is 4.04. The maximum atomic E-state index is 12.1. The number of hydrogen-bond acceptors (Lipinski definition) is 2. The first-order valence-corrected chi connectivity index (χ1v) is 7.69. The largest absolute Gasteiger partial charge is 0.353 e. The number of carbonyl (C=O) groups is 1. The standard InChI is InChI=1S/C17H21N3O/c21-17(19-15-5-2-1-3-6-15)13-14-7-9-16(10-8-14)20-12-4-11-18-20/h4,7-12,15H,1-3,5-6,13H2,(H,19,21). The number of rotatable bonds is 4. The van der Waals surface area contributed by atoms with Gasteiger partial charge in [0.15, 0.2) is 0 Å². The summed E-state index contributed by atoms with van der Waals surface area (Å²) in [7, 11) is 0. The van der Waals surface area contributed by atoms with Crippen LogP contribution in [0.4, 0.5) is 0 Å². The lowest BCUT2D eigenvalue weighted by Crippen LogP contribution is -2.37. The monoisotopic (exact) mass is 283 g/mol. The Hall–Kier alpha value is -2.10. The smallest absolute Gasteiger partial charge is 0.224 e. The van der Waals surface area contributed by atoms with Crippen LogP contribution in [0.1, 0.15) is 37.7 Å². The quantitative estimate of drug-likeness (QED) is 0.938. The Morgan fingerprint density at radius 2 is 1.95 bits per heavy atom. The van der Waals surface area contributed by atoms with Crippen molar-refractivity contribution in [1.29, 1.82) is 0 Å². The molecule has 1 heterocycles. The highest BCUT2D eigenvalue weighted by Gasteiger charge is 2.15. The Kier molecular flexibility index (Phi) is 4.34. The molecule has 4 nitrogen and oxygen atoms in total. The number of nitrogens with zero attached hydrogens (tertiary/aromatic N) is 2. The van der Waals surface area contributed by atoms with Gasteiger partial charge in [-0.1, -0.05) is 31.4 Å². The van der Waals surface area contributed by atoms with Crippen LogP contribution in [0.3, 0.4) is 0 Å². The molecular weight excluding hydrogens is 262 g/mol. The van der Waals surface area contributed by atoms with Crippen LogP contribution in [0.15, 0.2) is 42.7 Å². The van der Waals surface area contributed by atoms with E-state index < -0.39 is 0 Å². The average molecular weight is 283 g/mol. The maximum Gasteiger partial charge on any atom is 0.224 e. The van der Waals surface area contributed by atoms with Crippen LogP contribution in [0.5, 0.6) is 0 Å². The second-order valence-electron chi connectivity index (χ2n) is 5.70. The molecule has 1 fully saturated rings. The van der Waals surface area contributed by atoms with Gasteiger partial charge in [-0.25, -0.2) is 4.68 Å². The molecule has 21 heavy (non-hydrogen) atoms. The first-order chi connectivity index (χ1) is 10.3. The van der Waals surface area contributed by atoms with Gasteiger partial charge < -0.3 is 5.32 Å². The summed E-state index contributed by atoms with van der Waals surface area (Å²) >= 11 is 0. The van der Waals surface area contributed by atoms with Gasteiger partial charge in [-0.2, -0.15) is 5.10 Å².